The highest BCUT2D eigenvalue weighted by Gasteiger charge is 2.32. The topological polar surface area (TPSA) is 235 Å². The summed E-state index contributed by atoms with van der Waals surface area (Å²) < 4.78 is 0. The van der Waals surface area contributed by atoms with E-state index >= 15 is 0 Å². The molecule has 0 saturated carbocycles. The number of nitrogens with two attached hydrogens (primary N) is 3. The highest BCUT2D eigenvalue weighted by atomic mass is 32.1. The minimum absolute atomic E-state index is 0.0466. The Balaban J connectivity index is 5.15. The predicted octanol–water partition coefficient (Wildman–Crippen LogP) is -2.74. The highest BCUT2D eigenvalue weighted by molar-refractivity contribution is 7.80. The number of guanidine groups is 1. The summed E-state index contributed by atoms with van der Waals surface area (Å²) in [7, 11) is 0. The van der Waals surface area contributed by atoms with Crippen LogP contribution in [0, 0.1) is 5.92 Å². The third-order valence-corrected chi connectivity index (χ3v) is 5.36. The minimum Gasteiger partial charge on any atom is -0.480 e. The Hall–Kier alpha value is -2.58. The van der Waals surface area contributed by atoms with Crippen molar-refractivity contribution in [2.24, 2.45) is 28.1 Å². The number of carboxylic acids is 1. The molecule has 11 N–H and O–H groups in total. The number of hydrogen-bond acceptors (Lipinski definition) is 8. The summed E-state index contributed by atoms with van der Waals surface area (Å²) in [6.45, 7) is 5.12. The molecule has 0 fully saturated rings. The number of amides is 3. The van der Waals surface area contributed by atoms with Gasteiger partial charge in [0, 0.05) is 12.3 Å². The smallest absolute Gasteiger partial charge is 0.326 e. The van der Waals surface area contributed by atoms with Gasteiger partial charge < -0.3 is 43.4 Å². The molecule has 0 saturated heterocycles. The van der Waals surface area contributed by atoms with Gasteiger partial charge >= 0.3 is 5.97 Å². The van der Waals surface area contributed by atoms with E-state index in [1.165, 1.54) is 6.92 Å². The lowest BCUT2D eigenvalue weighted by Crippen LogP contribution is -2.60. The van der Waals surface area contributed by atoms with Crippen molar-refractivity contribution in [1.29, 1.82) is 0 Å². The van der Waals surface area contributed by atoms with E-state index in [0.29, 0.717) is 12.8 Å². The fourth-order valence-corrected chi connectivity index (χ4v) is 2.91. The molecule has 14 heteroatoms. The minimum atomic E-state index is -1.38. The van der Waals surface area contributed by atoms with Crippen molar-refractivity contribution in [2.75, 3.05) is 12.3 Å². The molecule has 0 aromatic rings. The number of carboxylic acid groups (broad SMARTS) is 1. The molecule has 0 rings (SSSR count). The van der Waals surface area contributed by atoms with Gasteiger partial charge in [0.2, 0.25) is 17.7 Å². The number of rotatable bonds is 15. The maximum Gasteiger partial charge on any atom is 0.326 e. The zero-order chi connectivity index (χ0) is 25.7. The number of hydrogen-bond donors (Lipinski definition) is 9. The second-order valence-corrected chi connectivity index (χ2v) is 8.10. The number of carbonyl (C=O) groups is 4. The molecule has 0 aliphatic heterocycles. The molecule has 0 radical (unpaired) electrons. The Morgan fingerprint density at radius 3 is 2.03 bits per heavy atom. The van der Waals surface area contributed by atoms with Crippen LogP contribution in [0.25, 0.3) is 0 Å². The average molecular weight is 492 g/mol. The van der Waals surface area contributed by atoms with Gasteiger partial charge in [0.15, 0.2) is 5.96 Å². The normalized spacial score (nSPS) is 16.3. The molecule has 0 aromatic heterocycles. The van der Waals surface area contributed by atoms with Crippen LogP contribution in [0.4, 0.5) is 0 Å². The number of carbonyl (C=O) groups excluding carboxylic acids is 3. The van der Waals surface area contributed by atoms with Gasteiger partial charge in [-0.3, -0.25) is 19.4 Å². The summed E-state index contributed by atoms with van der Waals surface area (Å²) in [6.07, 6.45) is -0.312. The second kappa shape index (κ2) is 15.3. The number of nitrogens with zero attached hydrogens (tertiary/aromatic N) is 1. The first-order valence-corrected chi connectivity index (χ1v) is 11.2. The molecule has 6 unspecified atom stereocenters. The number of thiol groups is 1. The Morgan fingerprint density at radius 2 is 1.58 bits per heavy atom. The first kappa shape index (κ1) is 30.4. The third kappa shape index (κ3) is 11.2. The van der Waals surface area contributed by atoms with E-state index in [2.05, 4.69) is 33.6 Å². The number of nitrogens with one attached hydrogen (secondary N) is 3. The standard InChI is InChI=1S/C19H37N7O6S/c1-4-9(2)13(20)16(29)26-14(10(3)27)17(30)25-12(8-33)15(28)24-11(18(31)32)6-5-7-23-19(21)22/h9-14,27,33H,4-8,20H2,1-3H3,(H,24,28)(H,25,30)(H,26,29)(H,31,32)(H4,21,22,23). The lowest BCUT2D eigenvalue weighted by molar-refractivity contribution is -0.142. The second-order valence-electron chi connectivity index (χ2n) is 7.73. The SMILES string of the molecule is CCC(C)C(N)C(=O)NC(C(=O)NC(CS)C(=O)NC(CCCN=C(N)N)C(=O)O)C(C)O. The molecule has 190 valence electrons. The quantitative estimate of drug-likeness (QED) is 0.0499. The van der Waals surface area contributed by atoms with Crippen LogP contribution in [0.15, 0.2) is 4.99 Å². The van der Waals surface area contributed by atoms with E-state index in [-0.39, 0.29) is 30.6 Å². The molecule has 0 heterocycles. The van der Waals surface area contributed by atoms with Crippen molar-refractivity contribution in [3.63, 3.8) is 0 Å². The Bertz CT molecular complexity index is 702. The van der Waals surface area contributed by atoms with Crippen LogP contribution >= 0.6 is 12.6 Å². The molecule has 0 spiro atoms. The lowest BCUT2D eigenvalue weighted by atomic mass is 9.98. The van der Waals surface area contributed by atoms with Crippen LogP contribution in [0.1, 0.15) is 40.0 Å². The van der Waals surface area contributed by atoms with Crippen molar-refractivity contribution < 1.29 is 29.4 Å². The Labute approximate surface area is 198 Å². The van der Waals surface area contributed by atoms with Gasteiger partial charge in [-0.15, -0.1) is 0 Å². The summed E-state index contributed by atoms with van der Waals surface area (Å²) >= 11 is 4.04. The van der Waals surface area contributed by atoms with Crippen LogP contribution in [0.3, 0.4) is 0 Å². The number of aliphatic carboxylic acids is 1. The summed E-state index contributed by atoms with van der Waals surface area (Å²) in [5.41, 5.74) is 16.3. The third-order valence-electron chi connectivity index (χ3n) is 5.00. The fourth-order valence-electron chi connectivity index (χ4n) is 2.66. The van der Waals surface area contributed by atoms with Crippen LogP contribution in [-0.2, 0) is 19.2 Å². The summed E-state index contributed by atoms with van der Waals surface area (Å²) in [5.74, 6) is -3.98. The van der Waals surface area contributed by atoms with Crippen LogP contribution in [0.5, 0.6) is 0 Å². The fraction of sp³-hybridized carbons (Fsp3) is 0.737. The van der Waals surface area contributed by atoms with Gasteiger partial charge in [-0.05, 0) is 25.7 Å². The highest BCUT2D eigenvalue weighted by Crippen LogP contribution is 2.07. The monoisotopic (exact) mass is 491 g/mol. The average Bonchev–Trinajstić information content (AvgIpc) is 2.75. The van der Waals surface area contributed by atoms with Crippen LogP contribution in [0.2, 0.25) is 0 Å². The first-order chi connectivity index (χ1) is 15.3. The first-order valence-electron chi connectivity index (χ1n) is 10.6. The van der Waals surface area contributed by atoms with E-state index in [0.717, 1.165) is 0 Å². The number of aliphatic hydroxyl groups is 1. The molecule has 33 heavy (non-hydrogen) atoms. The maximum atomic E-state index is 12.7. The van der Waals surface area contributed by atoms with E-state index in [1.807, 2.05) is 6.92 Å². The van der Waals surface area contributed by atoms with Gasteiger partial charge in [-0.25, -0.2) is 4.79 Å². The maximum absolute atomic E-state index is 12.7. The molecular weight excluding hydrogens is 454 g/mol. The van der Waals surface area contributed by atoms with Crippen molar-refractivity contribution in [3.8, 4) is 0 Å². The van der Waals surface area contributed by atoms with Gasteiger partial charge in [-0.2, -0.15) is 12.6 Å². The predicted molar refractivity (Wildman–Crippen MR) is 126 cm³/mol. The summed E-state index contributed by atoms with van der Waals surface area (Å²) in [4.78, 5) is 52.7. The van der Waals surface area contributed by atoms with Gasteiger partial charge in [0.1, 0.15) is 18.1 Å². The molecule has 0 aliphatic carbocycles. The van der Waals surface area contributed by atoms with E-state index in [4.69, 9.17) is 17.2 Å². The lowest BCUT2D eigenvalue weighted by Gasteiger charge is -2.26. The van der Waals surface area contributed by atoms with E-state index in [1.54, 1.807) is 6.92 Å². The van der Waals surface area contributed by atoms with Crippen molar-refractivity contribution >= 4 is 42.3 Å². The Kier molecular flexibility index (Phi) is 14.1. The molecule has 3 amide bonds. The Morgan fingerprint density at radius 1 is 1.00 bits per heavy atom. The molecule has 6 atom stereocenters. The molecule has 0 bridgehead atoms. The van der Waals surface area contributed by atoms with Crippen molar-refractivity contribution in [1.82, 2.24) is 16.0 Å². The summed E-state index contributed by atoms with van der Waals surface area (Å²) in [5, 5.41) is 26.4. The molecule has 13 nitrogen and oxygen atoms in total. The number of aliphatic hydroxyl groups excluding tert-OH is 1. The largest absolute Gasteiger partial charge is 0.480 e. The number of aliphatic imine (C=N–C) groups is 1. The molecular formula is C19H37N7O6S. The molecule has 0 aliphatic rings. The zero-order valence-corrected chi connectivity index (χ0v) is 20.0. The van der Waals surface area contributed by atoms with E-state index < -0.39 is 54.0 Å². The van der Waals surface area contributed by atoms with Gasteiger partial charge in [0.25, 0.3) is 0 Å². The van der Waals surface area contributed by atoms with Gasteiger partial charge in [0.05, 0.1) is 12.1 Å². The molecule has 0 aromatic carbocycles. The van der Waals surface area contributed by atoms with Crippen LogP contribution < -0.4 is 33.2 Å². The van der Waals surface area contributed by atoms with E-state index in [9.17, 15) is 29.4 Å². The van der Waals surface area contributed by atoms with Crippen LogP contribution in [-0.4, -0.2) is 82.4 Å². The van der Waals surface area contributed by atoms with Crippen molar-refractivity contribution in [3.05, 3.63) is 0 Å². The van der Waals surface area contributed by atoms with Crippen molar-refractivity contribution in [2.45, 2.75) is 70.3 Å². The summed E-state index contributed by atoms with van der Waals surface area (Å²) in [6, 6.07) is -4.73. The van der Waals surface area contributed by atoms with Gasteiger partial charge in [-0.1, -0.05) is 20.3 Å². The zero-order valence-electron chi connectivity index (χ0n) is 19.2.